The number of nitrogens with zero attached hydrogens (tertiary/aromatic N) is 1. The van der Waals surface area contributed by atoms with E-state index in [0.717, 1.165) is 11.1 Å². The van der Waals surface area contributed by atoms with E-state index in [4.69, 9.17) is 14.2 Å². The normalized spacial score (nSPS) is 17.7. The first-order valence-corrected chi connectivity index (χ1v) is 6.73. The first-order chi connectivity index (χ1) is 9.89. The molecule has 0 radical (unpaired) electrons. The summed E-state index contributed by atoms with van der Waals surface area (Å²) in [6.07, 6.45) is 1.79. The summed E-state index contributed by atoms with van der Waals surface area (Å²) in [5.41, 5.74) is 2.56. The van der Waals surface area contributed by atoms with Crippen molar-refractivity contribution in [2.75, 3.05) is 13.9 Å². The molecule has 0 saturated carbocycles. The standard InChI is InChI=1S/C16H17NO4/c1-16(2,3)17-14-10-7-13-12(20-8-21-13)6-9(10)5-11(14)15(18)19-4/h5-7H,8H2,1-4H3. The molecule has 1 heterocycles. The molecule has 1 aromatic rings. The van der Waals surface area contributed by atoms with Crippen LogP contribution in [-0.4, -0.2) is 31.1 Å². The lowest BCUT2D eigenvalue weighted by Crippen LogP contribution is -2.19. The van der Waals surface area contributed by atoms with Crippen LogP contribution in [0.2, 0.25) is 0 Å². The van der Waals surface area contributed by atoms with Crippen LogP contribution < -0.4 is 9.47 Å². The second kappa shape index (κ2) is 4.62. The molecule has 21 heavy (non-hydrogen) atoms. The van der Waals surface area contributed by atoms with Crippen molar-refractivity contribution in [2.24, 2.45) is 4.99 Å². The molecule has 0 bridgehead atoms. The third kappa shape index (κ3) is 2.39. The van der Waals surface area contributed by atoms with Crippen LogP contribution in [0, 0.1) is 0 Å². The number of hydrogen-bond acceptors (Lipinski definition) is 5. The zero-order valence-electron chi connectivity index (χ0n) is 12.5. The second-order valence-electron chi connectivity index (χ2n) is 5.97. The van der Waals surface area contributed by atoms with Crippen LogP contribution in [0.1, 0.15) is 31.9 Å². The van der Waals surface area contributed by atoms with Gasteiger partial charge < -0.3 is 14.2 Å². The molecule has 1 aliphatic carbocycles. The maximum atomic E-state index is 12.0. The van der Waals surface area contributed by atoms with Gasteiger partial charge in [-0.25, -0.2) is 4.79 Å². The summed E-state index contributed by atoms with van der Waals surface area (Å²) < 4.78 is 15.6. The smallest absolute Gasteiger partial charge is 0.340 e. The number of hydrogen-bond donors (Lipinski definition) is 0. The van der Waals surface area contributed by atoms with Gasteiger partial charge in [-0.1, -0.05) is 0 Å². The zero-order valence-corrected chi connectivity index (χ0v) is 12.5. The van der Waals surface area contributed by atoms with E-state index in [1.165, 1.54) is 7.11 Å². The molecule has 0 atom stereocenters. The Kier molecular flexibility index (Phi) is 3.01. The van der Waals surface area contributed by atoms with Gasteiger partial charge in [-0.3, -0.25) is 4.99 Å². The number of ether oxygens (including phenoxy) is 3. The van der Waals surface area contributed by atoms with Gasteiger partial charge in [0.15, 0.2) is 11.5 Å². The molecule has 1 aromatic carbocycles. The monoisotopic (exact) mass is 287 g/mol. The molecule has 1 aliphatic heterocycles. The van der Waals surface area contributed by atoms with Crippen LogP contribution in [0.4, 0.5) is 0 Å². The Labute approximate surface area is 123 Å². The molecule has 0 unspecified atom stereocenters. The maximum absolute atomic E-state index is 12.0. The van der Waals surface area contributed by atoms with Crippen LogP contribution in [0.5, 0.6) is 11.5 Å². The Balaban J connectivity index is 2.16. The number of esters is 1. The molecule has 0 amide bonds. The van der Waals surface area contributed by atoms with E-state index < -0.39 is 5.97 Å². The van der Waals surface area contributed by atoms with Crippen molar-refractivity contribution in [2.45, 2.75) is 26.3 Å². The lowest BCUT2D eigenvalue weighted by Gasteiger charge is -2.15. The lowest BCUT2D eigenvalue weighted by molar-refractivity contribution is -0.135. The number of fused-ring (bicyclic) bond motifs is 2. The van der Waals surface area contributed by atoms with E-state index in [1.807, 2.05) is 32.9 Å². The number of carbonyl (C=O) groups is 1. The Hall–Kier alpha value is -2.30. The summed E-state index contributed by atoms with van der Waals surface area (Å²) >= 11 is 0. The average Bonchev–Trinajstić information content (AvgIpc) is 2.98. The van der Waals surface area contributed by atoms with Crippen LogP contribution >= 0.6 is 0 Å². The molecule has 110 valence electrons. The first kappa shape index (κ1) is 13.7. The minimum absolute atomic E-state index is 0.220. The highest BCUT2D eigenvalue weighted by atomic mass is 16.7. The molecule has 0 fully saturated rings. The summed E-state index contributed by atoms with van der Waals surface area (Å²) in [4.78, 5) is 16.7. The fraction of sp³-hybridized carbons (Fsp3) is 0.375. The number of benzene rings is 1. The van der Waals surface area contributed by atoms with Crippen molar-refractivity contribution in [3.63, 3.8) is 0 Å². The molecule has 0 aromatic heterocycles. The molecule has 3 rings (SSSR count). The first-order valence-electron chi connectivity index (χ1n) is 6.73. The summed E-state index contributed by atoms with van der Waals surface area (Å²) in [6, 6.07) is 3.74. The van der Waals surface area contributed by atoms with Crippen LogP contribution in [0.25, 0.3) is 6.08 Å². The van der Waals surface area contributed by atoms with E-state index in [1.54, 1.807) is 6.08 Å². The molecule has 5 heteroatoms. The summed E-state index contributed by atoms with van der Waals surface area (Å²) in [7, 11) is 1.37. The van der Waals surface area contributed by atoms with Gasteiger partial charge in [-0.2, -0.15) is 0 Å². The van der Waals surface area contributed by atoms with E-state index >= 15 is 0 Å². The SMILES string of the molecule is COC(=O)C1=Cc2cc3c(cc2C1=NC(C)(C)C)OCO3. The van der Waals surface area contributed by atoms with Gasteiger partial charge in [0.2, 0.25) is 6.79 Å². The summed E-state index contributed by atoms with van der Waals surface area (Å²) in [5.74, 6) is 0.970. The predicted octanol–water partition coefficient (Wildman–Crippen LogP) is 2.57. The van der Waals surface area contributed by atoms with Gasteiger partial charge in [0.05, 0.1) is 23.9 Å². The Morgan fingerprint density at radius 2 is 1.90 bits per heavy atom. The minimum Gasteiger partial charge on any atom is -0.465 e. The van der Waals surface area contributed by atoms with Crippen LogP contribution in [0.15, 0.2) is 22.7 Å². The zero-order chi connectivity index (χ0) is 15.2. The van der Waals surface area contributed by atoms with E-state index in [-0.39, 0.29) is 12.3 Å². The largest absolute Gasteiger partial charge is 0.465 e. The van der Waals surface area contributed by atoms with Crippen molar-refractivity contribution in [3.8, 4) is 11.5 Å². The van der Waals surface area contributed by atoms with Gasteiger partial charge in [0.25, 0.3) is 0 Å². The van der Waals surface area contributed by atoms with E-state index in [9.17, 15) is 4.79 Å². The molecule has 2 aliphatic rings. The number of aliphatic imine (C=N–C) groups is 1. The molecule has 0 N–H and O–H groups in total. The van der Waals surface area contributed by atoms with Gasteiger partial charge in [-0.05, 0) is 44.5 Å². The van der Waals surface area contributed by atoms with Crippen molar-refractivity contribution >= 4 is 17.8 Å². The van der Waals surface area contributed by atoms with Crippen molar-refractivity contribution in [1.29, 1.82) is 0 Å². The minimum atomic E-state index is -0.392. The highest BCUT2D eigenvalue weighted by Crippen LogP contribution is 2.39. The van der Waals surface area contributed by atoms with E-state index in [2.05, 4.69) is 4.99 Å². The number of rotatable bonds is 1. The lowest BCUT2D eigenvalue weighted by atomic mass is 10.0. The van der Waals surface area contributed by atoms with Gasteiger partial charge in [-0.15, -0.1) is 0 Å². The molecular weight excluding hydrogens is 270 g/mol. The van der Waals surface area contributed by atoms with Gasteiger partial charge >= 0.3 is 5.97 Å². The average molecular weight is 287 g/mol. The van der Waals surface area contributed by atoms with Gasteiger partial charge in [0, 0.05) is 5.56 Å². The molecule has 0 saturated heterocycles. The van der Waals surface area contributed by atoms with Gasteiger partial charge in [0.1, 0.15) is 0 Å². The molecular formula is C16H17NO4. The summed E-state index contributed by atoms with van der Waals surface area (Å²) in [6.45, 7) is 6.18. The van der Waals surface area contributed by atoms with E-state index in [0.29, 0.717) is 22.8 Å². The highest BCUT2D eigenvalue weighted by molar-refractivity contribution is 6.33. The number of methoxy groups -OCH3 is 1. The quantitative estimate of drug-likeness (QED) is 0.745. The second-order valence-corrected chi connectivity index (χ2v) is 5.97. The third-order valence-corrected chi connectivity index (χ3v) is 3.21. The fourth-order valence-corrected chi connectivity index (χ4v) is 2.37. The fourth-order valence-electron chi connectivity index (χ4n) is 2.37. The maximum Gasteiger partial charge on any atom is 0.340 e. The topological polar surface area (TPSA) is 57.1 Å². The molecule has 5 nitrogen and oxygen atoms in total. The Morgan fingerprint density at radius 3 is 2.52 bits per heavy atom. The van der Waals surface area contributed by atoms with Crippen molar-refractivity contribution in [3.05, 3.63) is 28.8 Å². The Bertz CT molecular complexity index is 680. The van der Waals surface area contributed by atoms with Crippen molar-refractivity contribution < 1.29 is 19.0 Å². The Morgan fingerprint density at radius 1 is 1.24 bits per heavy atom. The highest BCUT2D eigenvalue weighted by Gasteiger charge is 2.30. The van der Waals surface area contributed by atoms with Crippen molar-refractivity contribution in [1.82, 2.24) is 0 Å². The predicted molar refractivity (Wildman–Crippen MR) is 78.8 cm³/mol. The number of carbonyl (C=O) groups excluding carboxylic acids is 1. The van der Waals surface area contributed by atoms with Crippen LogP contribution in [0.3, 0.4) is 0 Å². The van der Waals surface area contributed by atoms with Crippen LogP contribution in [-0.2, 0) is 9.53 Å². The molecule has 0 spiro atoms. The third-order valence-electron chi connectivity index (χ3n) is 3.21. The summed E-state index contributed by atoms with van der Waals surface area (Å²) in [5, 5.41) is 0.